The molecule has 1 aromatic heterocycles. The van der Waals surface area contributed by atoms with Crippen molar-refractivity contribution in [1.82, 2.24) is 25.2 Å². The SMILES string of the molecule is O=C(NCc1ccccc1)c1cn(C2CN(C(=O)C3CCCC3)C2)nn1. The van der Waals surface area contributed by atoms with Gasteiger partial charge in [0.05, 0.1) is 12.2 Å². The third-order valence-electron chi connectivity index (χ3n) is 5.29. The molecule has 136 valence electrons. The molecule has 4 rings (SSSR count). The molecule has 7 nitrogen and oxygen atoms in total. The summed E-state index contributed by atoms with van der Waals surface area (Å²) >= 11 is 0. The Labute approximate surface area is 152 Å². The van der Waals surface area contributed by atoms with Crippen molar-refractivity contribution in [3.8, 4) is 0 Å². The Kier molecular flexibility index (Phi) is 4.69. The van der Waals surface area contributed by atoms with Crippen LogP contribution in [0.4, 0.5) is 0 Å². The fourth-order valence-electron chi connectivity index (χ4n) is 3.66. The van der Waals surface area contributed by atoms with E-state index in [0.29, 0.717) is 25.3 Å². The van der Waals surface area contributed by atoms with Gasteiger partial charge in [0.25, 0.3) is 5.91 Å². The molecule has 0 spiro atoms. The lowest BCUT2D eigenvalue weighted by Crippen LogP contribution is -2.52. The van der Waals surface area contributed by atoms with Gasteiger partial charge in [-0.2, -0.15) is 0 Å². The van der Waals surface area contributed by atoms with Gasteiger partial charge >= 0.3 is 0 Å². The van der Waals surface area contributed by atoms with Gasteiger partial charge in [-0.15, -0.1) is 5.10 Å². The van der Waals surface area contributed by atoms with Crippen LogP contribution in [0.25, 0.3) is 0 Å². The predicted octanol–water partition coefficient (Wildman–Crippen LogP) is 1.78. The average molecular weight is 353 g/mol. The fourth-order valence-corrected chi connectivity index (χ4v) is 3.66. The average Bonchev–Trinajstić information content (AvgIpc) is 3.31. The molecule has 0 radical (unpaired) electrons. The number of nitrogens with one attached hydrogen (secondary N) is 1. The second-order valence-corrected chi connectivity index (χ2v) is 7.13. The lowest BCUT2D eigenvalue weighted by molar-refractivity contribution is -0.141. The van der Waals surface area contributed by atoms with E-state index >= 15 is 0 Å². The number of benzene rings is 1. The summed E-state index contributed by atoms with van der Waals surface area (Å²) in [4.78, 5) is 26.5. The quantitative estimate of drug-likeness (QED) is 0.889. The van der Waals surface area contributed by atoms with Gasteiger partial charge in [-0.3, -0.25) is 9.59 Å². The van der Waals surface area contributed by atoms with Gasteiger partial charge in [0, 0.05) is 25.6 Å². The Morgan fingerprint density at radius 1 is 1.12 bits per heavy atom. The molecule has 2 heterocycles. The van der Waals surface area contributed by atoms with Crippen LogP contribution >= 0.6 is 0 Å². The van der Waals surface area contributed by atoms with Gasteiger partial charge in [-0.05, 0) is 18.4 Å². The monoisotopic (exact) mass is 353 g/mol. The van der Waals surface area contributed by atoms with Gasteiger partial charge in [0.2, 0.25) is 5.91 Å². The zero-order valence-corrected chi connectivity index (χ0v) is 14.7. The van der Waals surface area contributed by atoms with E-state index in [2.05, 4.69) is 15.6 Å². The number of aromatic nitrogens is 3. The van der Waals surface area contributed by atoms with Gasteiger partial charge in [0.1, 0.15) is 0 Å². The molecule has 0 bridgehead atoms. The van der Waals surface area contributed by atoms with Crippen molar-refractivity contribution in [3.05, 3.63) is 47.8 Å². The normalized spacial score (nSPS) is 17.9. The first-order valence-electron chi connectivity index (χ1n) is 9.23. The van der Waals surface area contributed by atoms with Gasteiger partial charge in [-0.25, -0.2) is 4.68 Å². The van der Waals surface area contributed by atoms with E-state index in [0.717, 1.165) is 31.2 Å². The molecule has 0 atom stereocenters. The van der Waals surface area contributed by atoms with Crippen LogP contribution in [-0.4, -0.2) is 44.8 Å². The van der Waals surface area contributed by atoms with Crippen molar-refractivity contribution in [2.75, 3.05) is 13.1 Å². The lowest BCUT2D eigenvalue weighted by Gasteiger charge is -2.40. The third-order valence-corrected chi connectivity index (χ3v) is 5.29. The van der Waals surface area contributed by atoms with Crippen LogP contribution in [0.15, 0.2) is 36.5 Å². The molecule has 2 aromatic rings. The summed E-state index contributed by atoms with van der Waals surface area (Å²) in [6, 6.07) is 9.85. The van der Waals surface area contributed by atoms with Crippen LogP contribution in [0.5, 0.6) is 0 Å². The molecular weight excluding hydrogens is 330 g/mol. The molecule has 1 saturated carbocycles. The third kappa shape index (κ3) is 3.47. The number of carbonyl (C=O) groups excluding carboxylic acids is 2. The second-order valence-electron chi connectivity index (χ2n) is 7.13. The van der Waals surface area contributed by atoms with Gasteiger partial charge in [-0.1, -0.05) is 48.4 Å². The molecule has 26 heavy (non-hydrogen) atoms. The van der Waals surface area contributed by atoms with Crippen LogP contribution in [-0.2, 0) is 11.3 Å². The van der Waals surface area contributed by atoms with E-state index in [1.165, 1.54) is 0 Å². The minimum Gasteiger partial charge on any atom is -0.347 e. The maximum Gasteiger partial charge on any atom is 0.273 e. The number of likely N-dealkylation sites (tertiary alicyclic amines) is 1. The second kappa shape index (κ2) is 7.27. The first-order chi connectivity index (χ1) is 12.7. The molecule has 1 N–H and O–H groups in total. The van der Waals surface area contributed by atoms with E-state index < -0.39 is 0 Å². The minimum absolute atomic E-state index is 0.114. The maximum absolute atomic E-state index is 12.4. The molecule has 2 aliphatic rings. The zero-order chi connectivity index (χ0) is 17.9. The minimum atomic E-state index is -0.238. The summed E-state index contributed by atoms with van der Waals surface area (Å²) in [5.41, 5.74) is 1.34. The number of carbonyl (C=O) groups is 2. The topological polar surface area (TPSA) is 80.1 Å². The van der Waals surface area contributed by atoms with Crippen molar-refractivity contribution in [1.29, 1.82) is 0 Å². The largest absolute Gasteiger partial charge is 0.347 e. The lowest BCUT2D eigenvalue weighted by atomic mass is 10.0. The van der Waals surface area contributed by atoms with E-state index in [-0.39, 0.29) is 23.8 Å². The van der Waals surface area contributed by atoms with Gasteiger partial charge < -0.3 is 10.2 Å². The summed E-state index contributed by atoms with van der Waals surface area (Å²) in [5.74, 6) is 0.254. The number of rotatable bonds is 5. The van der Waals surface area contributed by atoms with Crippen molar-refractivity contribution in [3.63, 3.8) is 0 Å². The molecule has 1 aromatic carbocycles. The fraction of sp³-hybridized carbons (Fsp3) is 0.474. The Balaban J connectivity index is 1.28. The molecule has 7 heteroatoms. The van der Waals surface area contributed by atoms with Gasteiger partial charge in [0.15, 0.2) is 5.69 Å². The Hall–Kier alpha value is -2.70. The highest BCUT2D eigenvalue weighted by molar-refractivity contribution is 5.91. The van der Waals surface area contributed by atoms with E-state index in [1.807, 2.05) is 35.2 Å². The Morgan fingerprint density at radius 2 is 1.85 bits per heavy atom. The van der Waals surface area contributed by atoms with Crippen molar-refractivity contribution in [2.45, 2.75) is 38.3 Å². The van der Waals surface area contributed by atoms with Crippen LogP contribution < -0.4 is 5.32 Å². The number of hydrogen-bond acceptors (Lipinski definition) is 4. The molecule has 0 unspecified atom stereocenters. The molecule has 1 aliphatic carbocycles. The summed E-state index contributed by atoms with van der Waals surface area (Å²) < 4.78 is 1.70. The van der Waals surface area contributed by atoms with Crippen LogP contribution in [0.2, 0.25) is 0 Å². The van der Waals surface area contributed by atoms with Crippen LogP contribution in [0.1, 0.15) is 47.8 Å². The smallest absolute Gasteiger partial charge is 0.273 e. The zero-order valence-electron chi connectivity index (χ0n) is 14.7. The maximum atomic E-state index is 12.4. The number of hydrogen-bond donors (Lipinski definition) is 1. The molecule has 1 saturated heterocycles. The highest BCUT2D eigenvalue weighted by atomic mass is 16.2. The first kappa shape index (κ1) is 16.8. The number of amides is 2. The van der Waals surface area contributed by atoms with Crippen molar-refractivity contribution >= 4 is 11.8 Å². The Bertz CT molecular complexity index is 776. The molecule has 2 amide bonds. The summed E-state index contributed by atoms with van der Waals surface area (Å²) in [6.45, 7) is 1.77. The highest BCUT2D eigenvalue weighted by Crippen LogP contribution is 2.30. The number of nitrogens with zero attached hydrogens (tertiary/aromatic N) is 4. The predicted molar refractivity (Wildman–Crippen MR) is 95.2 cm³/mol. The molecule has 2 fully saturated rings. The highest BCUT2D eigenvalue weighted by Gasteiger charge is 2.37. The Morgan fingerprint density at radius 3 is 2.58 bits per heavy atom. The standard InChI is InChI=1S/C19H23N5O2/c25-18(20-10-14-6-2-1-3-7-14)17-13-24(22-21-17)16-11-23(12-16)19(26)15-8-4-5-9-15/h1-3,6-7,13,15-16H,4-5,8-12H2,(H,20,25). The molecule has 1 aliphatic heterocycles. The van der Waals surface area contributed by atoms with Crippen LogP contribution in [0.3, 0.4) is 0 Å². The summed E-state index contributed by atoms with van der Waals surface area (Å²) in [6.07, 6.45) is 6.04. The summed E-state index contributed by atoms with van der Waals surface area (Å²) in [7, 11) is 0. The van der Waals surface area contributed by atoms with Crippen molar-refractivity contribution < 1.29 is 9.59 Å². The van der Waals surface area contributed by atoms with Crippen molar-refractivity contribution in [2.24, 2.45) is 5.92 Å². The summed E-state index contributed by atoms with van der Waals surface area (Å²) in [5, 5.41) is 10.9. The van der Waals surface area contributed by atoms with E-state index in [4.69, 9.17) is 0 Å². The molecular formula is C19H23N5O2. The first-order valence-corrected chi connectivity index (χ1v) is 9.23. The van der Waals surface area contributed by atoms with E-state index in [1.54, 1.807) is 10.9 Å². The van der Waals surface area contributed by atoms with Crippen LogP contribution in [0, 0.1) is 5.92 Å². The van der Waals surface area contributed by atoms with E-state index in [9.17, 15) is 9.59 Å².